The van der Waals surface area contributed by atoms with E-state index in [1.807, 2.05) is 12.1 Å². The largest absolute Gasteiger partial charge is 0.486 e. The van der Waals surface area contributed by atoms with Gasteiger partial charge in [-0.25, -0.2) is 8.42 Å². The summed E-state index contributed by atoms with van der Waals surface area (Å²) in [5.41, 5.74) is 0. The summed E-state index contributed by atoms with van der Waals surface area (Å²) in [4.78, 5) is 15.5. The first-order valence-corrected chi connectivity index (χ1v) is 13.2. The summed E-state index contributed by atoms with van der Waals surface area (Å²) in [7, 11) is -3.65. The molecule has 1 aromatic carbocycles. The number of amides is 1. The van der Waals surface area contributed by atoms with Gasteiger partial charge in [-0.2, -0.15) is 4.31 Å². The maximum Gasteiger partial charge on any atom is 0.243 e. The van der Waals surface area contributed by atoms with Crippen LogP contribution in [-0.2, 0) is 20.6 Å². The topological polar surface area (TPSA) is 76.2 Å². The van der Waals surface area contributed by atoms with E-state index in [4.69, 9.17) is 21.1 Å². The molecule has 2 aliphatic heterocycles. The first-order chi connectivity index (χ1) is 14.4. The molecule has 1 amide bonds. The number of halogens is 1. The summed E-state index contributed by atoms with van der Waals surface area (Å²) in [6.07, 6.45) is 0. The molecule has 1 fully saturated rings. The van der Waals surface area contributed by atoms with Gasteiger partial charge in [-0.1, -0.05) is 11.6 Å². The molecule has 0 spiro atoms. The minimum absolute atomic E-state index is 0.0269. The number of carbonyl (C=O) groups is 1. The van der Waals surface area contributed by atoms with Gasteiger partial charge < -0.3 is 14.4 Å². The number of hydrogen-bond donors (Lipinski definition) is 0. The first kappa shape index (κ1) is 21.8. The monoisotopic (exact) mass is 488 g/mol. The predicted molar refractivity (Wildman–Crippen MR) is 118 cm³/mol. The summed E-state index contributed by atoms with van der Waals surface area (Å²) in [5, 5.41) is 0. The number of piperazine rings is 1. The molecule has 2 aromatic rings. The Labute approximate surface area is 188 Å². The summed E-state index contributed by atoms with van der Waals surface area (Å²) in [6, 6.07) is 8.49. The minimum atomic E-state index is -3.65. The predicted octanol–water partition coefficient (Wildman–Crippen LogP) is 2.94. The Kier molecular flexibility index (Phi) is 6.78. The Morgan fingerprint density at radius 3 is 2.50 bits per heavy atom. The number of benzene rings is 1. The lowest BCUT2D eigenvalue weighted by molar-refractivity contribution is -0.129. The molecular formula is C19H21ClN2O5S3. The lowest BCUT2D eigenvalue weighted by Gasteiger charge is -2.34. The third-order valence-corrected chi connectivity index (χ3v) is 9.12. The van der Waals surface area contributed by atoms with E-state index in [9.17, 15) is 13.2 Å². The van der Waals surface area contributed by atoms with Crippen molar-refractivity contribution in [2.75, 3.05) is 45.1 Å². The normalized spacial score (nSPS) is 17.2. The van der Waals surface area contributed by atoms with E-state index >= 15 is 0 Å². The molecule has 0 atom stereocenters. The smallest absolute Gasteiger partial charge is 0.243 e. The van der Waals surface area contributed by atoms with E-state index in [0.717, 1.165) is 15.0 Å². The fourth-order valence-electron chi connectivity index (χ4n) is 3.27. The summed E-state index contributed by atoms with van der Waals surface area (Å²) in [6.45, 7) is 2.16. The van der Waals surface area contributed by atoms with Gasteiger partial charge in [0.25, 0.3) is 0 Å². The van der Waals surface area contributed by atoms with Gasteiger partial charge in [0, 0.05) is 42.9 Å². The average Bonchev–Trinajstić information content (AvgIpc) is 3.18. The number of rotatable bonds is 6. The number of thioether (sulfide) groups is 1. The van der Waals surface area contributed by atoms with E-state index in [1.165, 1.54) is 27.8 Å². The van der Waals surface area contributed by atoms with Crippen molar-refractivity contribution in [3.05, 3.63) is 39.5 Å². The van der Waals surface area contributed by atoms with Crippen molar-refractivity contribution < 1.29 is 22.7 Å². The van der Waals surface area contributed by atoms with Crippen LogP contribution in [0.15, 0.2) is 35.2 Å². The molecule has 1 saturated heterocycles. The Morgan fingerprint density at radius 1 is 1.07 bits per heavy atom. The second-order valence-electron chi connectivity index (χ2n) is 6.79. The van der Waals surface area contributed by atoms with Crippen LogP contribution in [0, 0.1) is 0 Å². The highest BCUT2D eigenvalue weighted by Gasteiger charge is 2.31. The van der Waals surface area contributed by atoms with Crippen molar-refractivity contribution in [3.63, 3.8) is 0 Å². The van der Waals surface area contributed by atoms with E-state index in [1.54, 1.807) is 22.7 Å². The molecule has 2 aliphatic rings. The number of hydrogen-bond acceptors (Lipinski definition) is 7. The lowest BCUT2D eigenvalue weighted by Crippen LogP contribution is -2.51. The highest BCUT2D eigenvalue weighted by atomic mass is 35.5. The van der Waals surface area contributed by atoms with Gasteiger partial charge in [0.05, 0.1) is 15.0 Å². The molecule has 0 radical (unpaired) electrons. The van der Waals surface area contributed by atoms with E-state index in [-0.39, 0.29) is 23.9 Å². The summed E-state index contributed by atoms with van der Waals surface area (Å²) in [5.74, 6) is 2.13. The van der Waals surface area contributed by atoms with Crippen molar-refractivity contribution in [1.82, 2.24) is 9.21 Å². The van der Waals surface area contributed by atoms with Crippen LogP contribution in [0.25, 0.3) is 0 Å². The van der Waals surface area contributed by atoms with E-state index in [0.29, 0.717) is 43.6 Å². The van der Waals surface area contributed by atoms with Gasteiger partial charge in [0.15, 0.2) is 11.5 Å². The molecule has 3 heterocycles. The molecule has 0 N–H and O–H groups in total. The molecule has 11 heteroatoms. The zero-order chi connectivity index (χ0) is 21.1. The van der Waals surface area contributed by atoms with Crippen molar-refractivity contribution in [1.29, 1.82) is 0 Å². The van der Waals surface area contributed by atoms with Crippen molar-refractivity contribution in [3.8, 4) is 11.5 Å². The Morgan fingerprint density at radius 2 is 1.80 bits per heavy atom. The summed E-state index contributed by atoms with van der Waals surface area (Å²) < 4.78 is 39.1. The molecule has 162 valence electrons. The lowest BCUT2D eigenvalue weighted by atomic mass is 10.3. The summed E-state index contributed by atoms with van der Waals surface area (Å²) >= 11 is 8.98. The number of sulfonamides is 1. The fraction of sp³-hybridized carbons (Fsp3) is 0.421. The highest BCUT2D eigenvalue weighted by molar-refractivity contribution is 7.99. The Balaban J connectivity index is 1.30. The van der Waals surface area contributed by atoms with Crippen LogP contribution in [0.4, 0.5) is 0 Å². The number of thiophene rings is 1. The van der Waals surface area contributed by atoms with Crippen LogP contribution in [0.1, 0.15) is 4.88 Å². The molecule has 0 unspecified atom stereocenters. The fourth-order valence-corrected chi connectivity index (χ4v) is 6.83. The second-order valence-corrected chi connectivity index (χ2v) is 11.5. The van der Waals surface area contributed by atoms with Gasteiger partial charge >= 0.3 is 0 Å². The van der Waals surface area contributed by atoms with E-state index in [2.05, 4.69) is 0 Å². The SMILES string of the molecule is O=C(CSCc1ccc(Cl)s1)N1CCN(S(=O)(=O)c2ccc3c(c2)OCCO3)CC1. The molecule has 7 nitrogen and oxygen atoms in total. The van der Waals surface area contributed by atoms with Crippen LogP contribution < -0.4 is 9.47 Å². The van der Waals surface area contributed by atoms with Gasteiger partial charge in [-0.15, -0.1) is 23.1 Å². The van der Waals surface area contributed by atoms with Gasteiger partial charge in [-0.05, 0) is 24.3 Å². The van der Waals surface area contributed by atoms with E-state index < -0.39 is 10.0 Å². The zero-order valence-corrected chi connectivity index (χ0v) is 19.3. The van der Waals surface area contributed by atoms with Gasteiger partial charge in [0.2, 0.25) is 15.9 Å². The van der Waals surface area contributed by atoms with Crippen LogP contribution in [0.3, 0.4) is 0 Å². The molecule has 0 saturated carbocycles. The molecule has 0 aliphatic carbocycles. The van der Waals surface area contributed by atoms with Gasteiger partial charge in [-0.3, -0.25) is 4.79 Å². The Hall–Kier alpha value is -1.46. The molecule has 0 bridgehead atoms. The van der Waals surface area contributed by atoms with Crippen LogP contribution in [-0.4, -0.2) is 68.7 Å². The van der Waals surface area contributed by atoms with Crippen LogP contribution in [0.2, 0.25) is 4.34 Å². The highest BCUT2D eigenvalue weighted by Crippen LogP contribution is 2.33. The molecule has 4 rings (SSSR count). The van der Waals surface area contributed by atoms with Crippen LogP contribution >= 0.6 is 34.7 Å². The van der Waals surface area contributed by atoms with Crippen molar-refractivity contribution in [2.24, 2.45) is 0 Å². The third-order valence-electron chi connectivity index (χ3n) is 4.84. The number of nitrogens with zero attached hydrogens (tertiary/aromatic N) is 2. The van der Waals surface area contributed by atoms with Crippen molar-refractivity contribution in [2.45, 2.75) is 10.6 Å². The van der Waals surface area contributed by atoms with Crippen LogP contribution in [0.5, 0.6) is 11.5 Å². The third kappa shape index (κ3) is 4.88. The minimum Gasteiger partial charge on any atom is -0.486 e. The molecule has 30 heavy (non-hydrogen) atoms. The van der Waals surface area contributed by atoms with Crippen molar-refractivity contribution >= 4 is 50.6 Å². The molecular weight excluding hydrogens is 468 g/mol. The average molecular weight is 489 g/mol. The number of carbonyl (C=O) groups excluding carboxylic acids is 1. The van der Waals surface area contributed by atoms with Gasteiger partial charge in [0.1, 0.15) is 13.2 Å². The quantitative estimate of drug-likeness (QED) is 0.622. The maximum absolute atomic E-state index is 13.0. The standard InChI is InChI=1S/C19H21ClN2O5S3/c20-18-4-1-14(29-18)12-28-13-19(23)21-5-7-22(8-6-21)30(24,25)15-2-3-16-17(11-15)27-10-9-26-16/h1-4,11H,5-10,12-13H2. The molecule has 1 aromatic heterocycles. The zero-order valence-electron chi connectivity index (χ0n) is 16.1. The number of fused-ring (bicyclic) bond motifs is 1. The second kappa shape index (κ2) is 9.35. The Bertz CT molecular complexity index is 1020. The maximum atomic E-state index is 13.0. The number of ether oxygens (including phenoxy) is 2. The first-order valence-electron chi connectivity index (χ1n) is 9.43.